The highest BCUT2D eigenvalue weighted by molar-refractivity contribution is 5.67. The standard InChI is InChI=1S/C15H32N2O2/c1-8-12(9-2)10-17-15(6,7)11-16-13(18)19-14(3,4)5/h12,17H,8-11H2,1-7H3,(H,16,18). The lowest BCUT2D eigenvalue weighted by Crippen LogP contribution is -2.51. The largest absolute Gasteiger partial charge is 0.444 e. The SMILES string of the molecule is CCC(CC)CNC(C)(C)CNC(=O)OC(C)(C)C. The zero-order valence-electron chi connectivity index (χ0n) is 13.7. The first-order valence-electron chi connectivity index (χ1n) is 7.31. The summed E-state index contributed by atoms with van der Waals surface area (Å²) in [5.41, 5.74) is -0.573. The number of rotatable bonds is 7. The van der Waals surface area contributed by atoms with Gasteiger partial charge in [-0.2, -0.15) is 0 Å². The molecule has 1 amide bonds. The lowest BCUT2D eigenvalue weighted by atomic mass is 10.00. The van der Waals surface area contributed by atoms with E-state index in [1.54, 1.807) is 0 Å². The summed E-state index contributed by atoms with van der Waals surface area (Å²) >= 11 is 0. The Kier molecular flexibility index (Phi) is 7.42. The monoisotopic (exact) mass is 272 g/mol. The van der Waals surface area contributed by atoms with Gasteiger partial charge in [0, 0.05) is 12.1 Å². The van der Waals surface area contributed by atoms with E-state index in [9.17, 15) is 4.79 Å². The van der Waals surface area contributed by atoms with Crippen LogP contribution in [0.2, 0.25) is 0 Å². The molecule has 0 saturated carbocycles. The Bertz CT molecular complexity index is 266. The molecule has 0 fully saturated rings. The fraction of sp³-hybridized carbons (Fsp3) is 0.933. The van der Waals surface area contributed by atoms with Gasteiger partial charge in [-0.25, -0.2) is 4.79 Å². The van der Waals surface area contributed by atoms with Crippen molar-refractivity contribution in [1.82, 2.24) is 10.6 Å². The summed E-state index contributed by atoms with van der Waals surface area (Å²) in [6.07, 6.45) is 2.00. The van der Waals surface area contributed by atoms with Gasteiger partial charge >= 0.3 is 6.09 Å². The molecule has 0 radical (unpaired) electrons. The molecule has 19 heavy (non-hydrogen) atoms. The lowest BCUT2D eigenvalue weighted by Gasteiger charge is -2.29. The van der Waals surface area contributed by atoms with Gasteiger partial charge in [-0.1, -0.05) is 26.7 Å². The number of carbonyl (C=O) groups is 1. The molecule has 0 aromatic rings. The van der Waals surface area contributed by atoms with E-state index in [4.69, 9.17) is 4.74 Å². The summed E-state index contributed by atoms with van der Waals surface area (Å²) in [7, 11) is 0. The molecule has 0 saturated heterocycles. The maximum absolute atomic E-state index is 11.6. The van der Waals surface area contributed by atoms with Crippen LogP contribution in [0.15, 0.2) is 0 Å². The van der Waals surface area contributed by atoms with Gasteiger partial charge < -0.3 is 15.4 Å². The van der Waals surface area contributed by atoms with Crippen molar-refractivity contribution in [2.75, 3.05) is 13.1 Å². The first kappa shape index (κ1) is 18.2. The second kappa shape index (κ2) is 7.73. The summed E-state index contributed by atoms with van der Waals surface area (Å²) in [6, 6.07) is 0. The molecule has 4 nitrogen and oxygen atoms in total. The lowest BCUT2D eigenvalue weighted by molar-refractivity contribution is 0.0513. The summed E-state index contributed by atoms with van der Waals surface area (Å²) in [6.45, 7) is 15.7. The maximum atomic E-state index is 11.6. The topological polar surface area (TPSA) is 50.4 Å². The van der Waals surface area contributed by atoms with E-state index in [0.29, 0.717) is 12.5 Å². The first-order chi connectivity index (χ1) is 8.59. The van der Waals surface area contributed by atoms with E-state index in [1.165, 1.54) is 12.8 Å². The Hall–Kier alpha value is -0.770. The zero-order chi connectivity index (χ0) is 15.1. The van der Waals surface area contributed by atoms with Crippen LogP contribution in [-0.2, 0) is 4.74 Å². The molecular weight excluding hydrogens is 240 g/mol. The van der Waals surface area contributed by atoms with Gasteiger partial charge in [0.1, 0.15) is 5.60 Å². The third kappa shape index (κ3) is 9.77. The Morgan fingerprint density at radius 2 is 1.63 bits per heavy atom. The molecule has 114 valence electrons. The molecule has 2 N–H and O–H groups in total. The van der Waals surface area contributed by atoms with Gasteiger partial charge in [0.05, 0.1) is 0 Å². The minimum atomic E-state index is -0.447. The minimum absolute atomic E-state index is 0.126. The van der Waals surface area contributed by atoms with Crippen molar-refractivity contribution in [2.45, 2.75) is 72.4 Å². The van der Waals surface area contributed by atoms with Crippen molar-refractivity contribution in [2.24, 2.45) is 5.92 Å². The molecule has 4 heteroatoms. The number of amides is 1. The maximum Gasteiger partial charge on any atom is 0.407 e. The highest BCUT2D eigenvalue weighted by Crippen LogP contribution is 2.10. The van der Waals surface area contributed by atoms with Crippen LogP contribution in [0.1, 0.15) is 61.3 Å². The van der Waals surface area contributed by atoms with Crippen LogP contribution in [0.5, 0.6) is 0 Å². The van der Waals surface area contributed by atoms with Crippen LogP contribution < -0.4 is 10.6 Å². The molecule has 0 aliphatic carbocycles. The van der Waals surface area contributed by atoms with Crippen molar-refractivity contribution < 1.29 is 9.53 Å². The van der Waals surface area contributed by atoms with Crippen molar-refractivity contribution in [3.63, 3.8) is 0 Å². The summed E-state index contributed by atoms with van der Waals surface area (Å²) in [5.74, 6) is 0.695. The van der Waals surface area contributed by atoms with Gasteiger partial charge in [-0.15, -0.1) is 0 Å². The smallest absolute Gasteiger partial charge is 0.407 e. The van der Waals surface area contributed by atoms with Crippen molar-refractivity contribution >= 4 is 6.09 Å². The van der Waals surface area contributed by atoms with E-state index < -0.39 is 5.60 Å². The fourth-order valence-corrected chi connectivity index (χ4v) is 1.67. The molecule has 0 aliphatic heterocycles. The molecule has 0 heterocycles. The summed E-state index contributed by atoms with van der Waals surface area (Å²) < 4.78 is 5.22. The number of ether oxygens (including phenoxy) is 1. The third-order valence-corrected chi connectivity index (χ3v) is 3.10. The molecule has 0 rings (SSSR count). The predicted molar refractivity (Wildman–Crippen MR) is 80.4 cm³/mol. The molecule has 0 aliphatic rings. The van der Waals surface area contributed by atoms with Crippen LogP contribution in [0.4, 0.5) is 4.79 Å². The van der Waals surface area contributed by atoms with Gasteiger partial charge in [0.2, 0.25) is 0 Å². The second-order valence-electron chi connectivity index (χ2n) is 6.80. The van der Waals surface area contributed by atoms with Gasteiger partial charge in [0.15, 0.2) is 0 Å². The molecule has 0 atom stereocenters. The normalized spacial score (nSPS) is 12.6. The molecule has 0 aromatic heterocycles. The average Bonchev–Trinajstić information content (AvgIpc) is 2.26. The average molecular weight is 272 g/mol. The molecule has 0 spiro atoms. The van der Waals surface area contributed by atoms with Gasteiger partial charge in [-0.05, 0) is 47.1 Å². The van der Waals surface area contributed by atoms with Crippen LogP contribution in [0, 0.1) is 5.92 Å². The van der Waals surface area contributed by atoms with Crippen molar-refractivity contribution in [3.05, 3.63) is 0 Å². The quantitative estimate of drug-likeness (QED) is 0.747. The summed E-state index contributed by atoms with van der Waals surface area (Å²) in [5, 5.41) is 6.32. The Morgan fingerprint density at radius 3 is 2.05 bits per heavy atom. The Morgan fingerprint density at radius 1 is 1.11 bits per heavy atom. The van der Waals surface area contributed by atoms with Gasteiger partial charge in [-0.3, -0.25) is 0 Å². The van der Waals surface area contributed by atoms with Crippen LogP contribution in [0.3, 0.4) is 0 Å². The molecular formula is C15H32N2O2. The molecule has 0 unspecified atom stereocenters. The zero-order valence-corrected chi connectivity index (χ0v) is 13.7. The Labute approximate surface area is 118 Å². The van der Waals surface area contributed by atoms with Crippen LogP contribution in [-0.4, -0.2) is 30.3 Å². The van der Waals surface area contributed by atoms with Crippen molar-refractivity contribution in [1.29, 1.82) is 0 Å². The van der Waals surface area contributed by atoms with E-state index in [0.717, 1.165) is 6.54 Å². The van der Waals surface area contributed by atoms with Crippen LogP contribution >= 0.6 is 0 Å². The molecule has 0 bridgehead atoms. The molecule has 0 aromatic carbocycles. The van der Waals surface area contributed by atoms with E-state index >= 15 is 0 Å². The van der Waals surface area contributed by atoms with E-state index in [-0.39, 0.29) is 11.6 Å². The first-order valence-corrected chi connectivity index (χ1v) is 7.31. The van der Waals surface area contributed by atoms with E-state index in [1.807, 2.05) is 20.8 Å². The number of alkyl carbamates (subject to hydrolysis) is 1. The number of nitrogens with one attached hydrogen (secondary N) is 2. The minimum Gasteiger partial charge on any atom is -0.444 e. The van der Waals surface area contributed by atoms with Gasteiger partial charge in [0.25, 0.3) is 0 Å². The fourth-order valence-electron chi connectivity index (χ4n) is 1.67. The predicted octanol–water partition coefficient (Wildman–Crippen LogP) is 3.32. The third-order valence-electron chi connectivity index (χ3n) is 3.10. The van der Waals surface area contributed by atoms with Crippen LogP contribution in [0.25, 0.3) is 0 Å². The Balaban J connectivity index is 4.06. The van der Waals surface area contributed by atoms with E-state index in [2.05, 4.69) is 38.3 Å². The number of carbonyl (C=O) groups excluding carboxylic acids is 1. The second-order valence-corrected chi connectivity index (χ2v) is 6.80. The number of hydrogen-bond acceptors (Lipinski definition) is 3. The highest BCUT2D eigenvalue weighted by atomic mass is 16.6. The highest BCUT2D eigenvalue weighted by Gasteiger charge is 2.21. The summed E-state index contributed by atoms with van der Waals surface area (Å²) in [4.78, 5) is 11.6. The number of hydrogen-bond donors (Lipinski definition) is 2. The van der Waals surface area contributed by atoms with Crippen molar-refractivity contribution in [3.8, 4) is 0 Å².